The zero-order chi connectivity index (χ0) is 41.0. The lowest BCUT2D eigenvalue weighted by Crippen LogP contribution is -2.18. The van der Waals surface area contributed by atoms with Gasteiger partial charge in [-0.05, 0) is 148 Å². The largest absolute Gasteiger partial charge is 0.310 e. The first kappa shape index (κ1) is 35.7. The number of hydrogen-bond acceptors (Lipinski definition) is 1. The number of rotatable bonds is 5. The van der Waals surface area contributed by atoms with E-state index in [2.05, 4.69) is 233 Å². The maximum atomic E-state index is 2.50. The Morgan fingerprint density at radius 1 is 0.295 bits per heavy atom. The molecule has 0 saturated carbocycles. The highest BCUT2D eigenvalue weighted by molar-refractivity contribution is 6.00. The van der Waals surface area contributed by atoms with Gasteiger partial charge in [-0.3, -0.25) is 0 Å². The highest BCUT2D eigenvalue weighted by Gasteiger charge is 2.38. The van der Waals surface area contributed by atoms with E-state index >= 15 is 0 Å². The summed E-state index contributed by atoms with van der Waals surface area (Å²) in [6.07, 6.45) is 0. The minimum atomic E-state index is -0.192. The van der Waals surface area contributed by atoms with Crippen molar-refractivity contribution in [3.05, 3.63) is 222 Å². The van der Waals surface area contributed by atoms with Gasteiger partial charge in [0.2, 0.25) is 0 Å². The highest BCUT2D eigenvalue weighted by Crippen LogP contribution is 2.54. The predicted octanol–water partition coefficient (Wildman–Crippen LogP) is 16.6. The molecule has 0 unspecified atom stereocenters. The second kappa shape index (κ2) is 13.1. The monoisotopic (exact) mass is 779 g/mol. The smallest absolute Gasteiger partial charge is 0.0540 e. The van der Waals surface area contributed by atoms with Gasteiger partial charge in [0.25, 0.3) is 0 Å². The van der Waals surface area contributed by atoms with Gasteiger partial charge in [-0.2, -0.15) is 0 Å². The first-order chi connectivity index (χ1) is 29.7. The zero-order valence-electron chi connectivity index (χ0n) is 35.0. The summed E-state index contributed by atoms with van der Waals surface area (Å²) in [6.45, 7) is 9.59. The number of nitrogens with zero attached hydrogens (tertiary/aromatic N) is 1. The summed E-state index contributed by atoms with van der Waals surface area (Å²) < 4.78 is 0. The van der Waals surface area contributed by atoms with Crippen molar-refractivity contribution >= 4 is 49.4 Å². The van der Waals surface area contributed by atoms with E-state index in [0.29, 0.717) is 0 Å². The minimum absolute atomic E-state index is 0.192. The highest BCUT2D eigenvalue weighted by atomic mass is 15.1. The SMILES string of the molecule is CC1(C)c2cc(-c3ccc4ccccc4c3)ccc2-c2ccc(N(c3ccc4c(c3)C(C)(C)c3cc(-c5ccc6ccccc6c5)ccc3-4)c3cccc4ccccc34)cc21. The quantitative estimate of drug-likeness (QED) is 0.168. The Morgan fingerprint density at radius 2 is 0.672 bits per heavy atom. The van der Waals surface area contributed by atoms with Crippen LogP contribution in [0, 0.1) is 0 Å². The van der Waals surface area contributed by atoms with Crippen molar-refractivity contribution in [1.82, 2.24) is 0 Å². The summed E-state index contributed by atoms with van der Waals surface area (Å²) in [5.41, 5.74) is 18.9. The van der Waals surface area contributed by atoms with E-state index in [1.807, 2.05) is 0 Å². The Hall–Kier alpha value is -7.22. The molecule has 10 aromatic rings. The molecule has 2 aliphatic rings. The Balaban J connectivity index is 0.970. The maximum absolute atomic E-state index is 2.50. The van der Waals surface area contributed by atoms with E-state index in [0.717, 1.165) is 11.4 Å². The summed E-state index contributed by atoms with van der Waals surface area (Å²) in [7, 11) is 0. The van der Waals surface area contributed by atoms with Crippen molar-refractivity contribution in [2.75, 3.05) is 4.90 Å². The Labute approximate surface area is 358 Å². The van der Waals surface area contributed by atoms with Crippen LogP contribution in [0.1, 0.15) is 49.9 Å². The molecule has 0 heterocycles. The second-order valence-corrected chi connectivity index (χ2v) is 18.2. The molecule has 0 N–H and O–H groups in total. The first-order valence-electron chi connectivity index (χ1n) is 21.6. The molecule has 12 rings (SSSR count). The molecule has 0 aromatic heterocycles. The zero-order valence-corrected chi connectivity index (χ0v) is 35.0. The topological polar surface area (TPSA) is 3.24 Å². The molecule has 0 spiro atoms. The van der Waals surface area contributed by atoms with Crippen LogP contribution in [0.25, 0.3) is 76.8 Å². The first-order valence-corrected chi connectivity index (χ1v) is 21.6. The van der Waals surface area contributed by atoms with Crippen molar-refractivity contribution in [3.8, 4) is 44.5 Å². The lowest BCUT2D eigenvalue weighted by atomic mass is 9.81. The van der Waals surface area contributed by atoms with E-state index in [1.54, 1.807) is 0 Å². The molecule has 0 aliphatic heterocycles. The summed E-state index contributed by atoms with van der Waals surface area (Å²) in [5, 5.41) is 7.54. The number of hydrogen-bond donors (Lipinski definition) is 0. The Bertz CT molecular complexity index is 3240. The van der Waals surface area contributed by atoms with Gasteiger partial charge in [-0.25, -0.2) is 0 Å². The second-order valence-electron chi connectivity index (χ2n) is 18.2. The van der Waals surface area contributed by atoms with E-state index in [-0.39, 0.29) is 10.8 Å². The van der Waals surface area contributed by atoms with Gasteiger partial charge in [0.15, 0.2) is 0 Å². The average molecular weight is 780 g/mol. The molecule has 0 amide bonds. The molecule has 0 radical (unpaired) electrons. The van der Waals surface area contributed by atoms with Crippen LogP contribution < -0.4 is 4.90 Å². The van der Waals surface area contributed by atoms with Crippen LogP contribution >= 0.6 is 0 Å². The van der Waals surface area contributed by atoms with Crippen molar-refractivity contribution in [2.24, 2.45) is 0 Å². The molecule has 2 aliphatic carbocycles. The molecule has 0 atom stereocenters. The van der Waals surface area contributed by atoms with Crippen LogP contribution in [0.2, 0.25) is 0 Å². The molecular weight excluding hydrogens is 735 g/mol. The summed E-state index contributed by atoms with van der Waals surface area (Å²) in [4.78, 5) is 2.50. The van der Waals surface area contributed by atoms with Crippen molar-refractivity contribution < 1.29 is 0 Å². The van der Waals surface area contributed by atoms with E-state index in [4.69, 9.17) is 0 Å². The van der Waals surface area contributed by atoms with Crippen LogP contribution in [-0.4, -0.2) is 0 Å². The molecular formula is C60H45N. The Morgan fingerprint density at radius 3 is 1.18 bits per heavy atom. The van der Waals surface area contributed by atoms with Crippen LogP contribution in [0.15, 0.2) is 200 Å². The van der Waals surface area contributed by atoms with Crippen molar-refractivity contribution in [1.29, 1.82) is 0 Å². The molecule has 61 heavy (non-hydrogen) atoms. The molecule has 10 aromatic carbocycles. The number of fused-ring (bicyclic) bond motifs is 9. The number of anilines is 3. The standard InChI is InChI=1S/C60H45N/c1-59(2)54-34-45(43-22-20-38-12-5-7-15-41(38)32-43)24-28-50(54)52-30-26-47(36-56(52)59)61(58-19-11-17-40-14-9-10-18-49(40)58)48-27-31-53-51-29-25-46(35-55(51)60(3,4)57(53)37-48)44-23-21-39-13-6-8-16-42(39)33-44/h5-37H,1-4H3. The van der Waals surface area contributed by atoms with E-state index in [9.17, 15) is 0 Å². The van der Waals surface area contributed by atoms with Gasteiger partial charge in [0.1, 0.15) is 0 Å². The normalized spacial score (nSPS) is 14.2. The van der Waals surface area contributed by atoms with Gasteiger partial charge in [-0.15, -0.1) is 0 Å². The molecule has 0 fully saturated rings. The van der Waals surface area contributed by atoms with E-state index in [1.165, 1.54) is 105 Å². The fraction of sp³-hybridized carbons (Fsp3) is 0.100. The number of benzene rings is 10. The van der Waals surface area contributed by atoms with E-state index < -0.39 is 0 Å². The molecule has 290 valence electrons. The van der Waals surface area contributed by atoms with Gasteiger partial charge in [0, 0.05) is 27.6 Å². The minimum Gasteiger partial charge on any atom is -0.310 e. The van der Waals surface area contributed by atoms with Gasteiger partial charge >= 0.3 is 0 Å². The Kier molecular flexibility index (Phi) is 7.69. The maximum Gasteiger partial charge on any atom is 0.0540 e. The molecule has 1 heteroatoms. The van der Waals surface area contributed by atoms with Crippen LogP contribution in [0.5, 0.6) is 0 Å². The third kappa shape index (κ3) is 5.47. The van der Waals surface area contributed by atoms with Crippen molar-refractivity contribution in [2.45, 2.75) is 38.5 Å². The summed E-state index contributed by atoms with van der Waals surface area (Å²) in [5.74, 6) is 0. The predicted molar refractivity (Wildman–Crippen MR) is 260 cm³/mol. The summed E-state index contributed by atoms with van der Waals surface area (Å²) in [6, 6.07) is 75.0. The molecule has 0 saturated heterocycles. The lowest BCUT2D eigenvalue weighted by Gasteiger charge is -2.30. The fourth-order valence-corrected chi connectivity index (χ4v) is 10.7. The van der Waals surface area contributed by atoms with Gasteiger partial charge in [0.05, 0.1) is 5.69 Å². The average Bonchev–Trinajstić information content (AvgIpc) is 3.66. The third-order valence-corrected chi connectivity index (χ3v) is 14.0. The van der Waals surface area contributed by atoms with Crippen LogP contribution in [-0.2, 0) is 10.8 Å². The fourth-order valence-electron chi connectivity index (χ4n) is 10.7. The summed E-state index contributed by atoms with van der Waals surface area (Å²) >= 11 is 0. The molecule has 0 bridgehead atoms. The van der Waals surface area contributed by atoms with Crippen LogP contribution in [0.3, 0.4) is 0 Å². The van der Waals surface area contributed by atoms with Crippen molar-refractivity contribution in [3.63, 3.8) is 0 Å². The van der Waals surface area contributed by atoms with Gasteiger partial charge in [-0.1, -0.05) is 173 Å². The lowest BCUT2D eigenvalue weighted by molar-refractivity contribution is 0.660. The molecule has 1 nitrogen and oxygen atoms in total. The van der Waals surface area contributed by atoms with Gasteiger partial charge < -0.3 is 4.90 Å². The van der Waals surface area contributed by atoms with Crippen LogP contribution in [0.4, 0.5) is 17.1 Å². The third-order valence-electron chi connectivity index (χ3n) is 14.0.